The molecule has 0 unspecified atom stereocenters. The molecular formula is C25H32F3N3O2. The molecule has 33 heavy (non-hydrogen) atoms. The second kappa shape index (κ2) is 7.94. The summed E-state index contributed by atoms with van der Waals surface area (Å²) in [5.74, 6) is 1.20. The maximum atomic E-state index is 14.0. The minimum absolute atomic E-state index is 0.179. The summed E-state index contributed by atoms with van der Waals surface area (Å²) >= 11 is 0. The lowest BCUT2D eigenvalue weighted by atomic mass is 9.78. The lowest BCUT2D eigenvalue weighted by Crippen LogP contribution is -2.48. The van der Waals surface area contributed by atoms with E-state index in [2.05, 4.69) is 9.88 Å². The fourth-order valence-electron chi connectivity index (χ4n) is 7.71. The van der Waals surface area contributed by atoms with Crippen LogP contribution in [0, 0.1) is 17.3 Å². The SMILES string of the molecule is O=C(N1CCc2ncc(C(F)(F)F)cc2C1)[C@@]12CCC[C@@H]1C[C@@H](N1CC[C@@H]3COCC[C@@H]31)C2. The molecule has 1 aromatic rings. The summed E-state index contributed by atoms with van der Waals surface area (Å²) in [6.07, 6.45) is 4.38. The smallest absolute Gasteiger partial charge is 0.381 e. The number of nitrogens with zero attached hydrogens (tertiary/aromatic N) is 3. The fraction of sp³-hybridized carbons (Fsp3) is 0.760. The van der Waals surface area contributed by atoms with E-state index < -0.39 is 11.7 Å². The van der Waals surface area contributed by atoms with Crippen LogP contribution in [0.2, 0.25) is 0 Å². The Balaban J connectivity index is 1.21. The first-order valence-electron chi connectivity index (χ1n) is 12.5. The van der Waals surface area contributed by atoms with Gasteiger partial charge in [-0.25, -0.2) is 0 Å². The number of aromatic nitrogens is 1. The number of halogens is 3. The zero-order valence-corrected chi connectivity index (χ0v) is 18.9. The normalized spacial score (nSPS) is 36.5. The molecule has 2 aliphatic carbocycles. The van der Waals surface area contributed by atoms with Gasteiger partial charge in [0.15, 0.2) is 0 Å². The third-order valence-corrected chi connectivity index (χ3v) is 9.28. The molecule has 2 saturated heterocycles. The average Bonchev–Trinajstić information content (AvgIpc) is 3.49. The van der Waals surface area contributed by atoms with Crippen molar-refractivity contribution < 1.29 is 22.7 Å². The van der Waals surface area contributed by atoms with Crippen molar-refractivity contribution in [1.82, 2.24) is 14.8 Å². The highest BCUT2D eigenvalue weighted by molar-refractivity contribution is 5.84. The lowest BCUT2D eigenvalue weighted by molar-refractivity contribution is -0.144. The number of amides is 1. The minimum atomic E-state index is -4.42. The average molecular weight is 464 g/mol. The van der Waals surface area contributed by atoms with Gasteiger partial charge < -0.3 is 9.64 Å². The molecule has 5 aliphatic rings. The summed E-state index contributed by atoms with van der Waals surface area (Å²) < 4.78 is 45.3. The zero-order valence-electron chi connectivity index (χ0n) is 18.9. The Morgan fingerprint density at radius 3 is 2.94 bits per heavy atom. The highest BCUT2D eigenvalue weighted by Crippen LogP contribution is 2.57. The van der Waals surface area contributed by atoms with Crippen molar-refractivity contribution in [2.45, 2.75) is 76.2 Å². The Bertz CT molecular complexity index is 938. The van der Waals surface area contributed by atoms with Gasteiger partial charge >= 0.3 is 6.18 Å². The third-order valence-electron chi connectivity index (χ3n) is 9.28. The number of pyridine rings is 1. The second-order valence-electron chi connectivity index (χ2n) is 10.9. The summed E-state index contributed by atoms with van der Waals surface area (Å²) in [6, 6.07) is 2.23. The van der Waals surface area contributed by atoms with E-state index in [1.807, 2.05) is 4.90 Å². The first-order chi connectivity index (χ1) is 15.8. The van der Waals surface area contributed by atoms with Crippen molar-refractivity contribution in [3.05, 3.63) is 29.1 Å². The van der Waals surface area contributed by atoms with Crippen molar-refractivity contribution >= 4 is 5.91 Å². The molecular weight excluding hydrogens is 431 g/mol. The van der Waals surface area contributed by atoms with E-state index in [0.29, 0.717) is 48.1 Å². The maximum Gasteiger partial charge on any atom is 0.417 e. The number of hydrogen-bond acceptors (Lipinski definition) is 4. The number of carbonyl (C=O) groups is 1. The van der Waals surface area contributed by atoms with Crippen LogP contribution in [0.4, 0.5) is 13.2 Å². The molecule has 6 rings (SSSR count). The van der Waals surface area contributed by atoms with Crippen molar-refractivity contribution in [3.8, 4) is 0 Å². The van der Waals surface area contributed by atoms with Gasteiger partial charge in [0.25, 0.3) is 0 Å². The summed E-state index contributed by atoms with van der Waals surface area (Å²) in [4.78, 5) is 22.6. The molecule has 180 valence electrons. The molecule has 5 nitrogen and oxygen atoms in total. The first-order valence-corrected chi connectivity index (χ1v) is 12.5. The molecule has 0 bridgehead atoms. The molecule has 0 aromatic carbocycles. The van der Waals surface area contributed by atoms with Gasteiger partial charge in [-0.2, -0.15) is 13.2 Å². The van der Waals surface area contributed by atoms with Gasteiger partial charge in [-0.15, -0.1) is 0 Å². The van der Waals surface area contributed by atoms with Crippen LogP contribution < -0.4 is 0 Å². The largest absolute Gasteiger partial charge is 0.417 e. The molecule has 0 radical (unpaired) electrons. The van der Waals surface area contributed by atoms with Crippen LogP contribution in [-0.2, 0) is 28.7 Å². The van der Waals surface area contributed by atoms with Crippen molar-refractivity contribution in [2.24, 2.45) is 17.3 Å². The van der Waals surface area contributed by atoms with Crippen LogP contribution in [0.3, 0.4) is 0 Å². The molecule has 4 fully saturated rings. The summed E-state index contributed by atoms with van der Waals surface area (Å²) in [5, 5.41) is 0. The number of alkyl halides is 3. The molecule has 8 heteroatoms. The van der Waals surface area contributed by atoms with Gasteiger partial charge in [0.1, 0.15) is 0 Å². The van der Waals surface area contributed by atoms with E-state index in [-0.39, 0.29) is 17.9 Å². The number of fused-ring (bicyclic) bond motifs is 3. The van der Waals surface area contributed by atoms with Crippen LogP contribution in [-0.4, -0.2) is 59.1 Å². The summed E-state index contributed by atoms with van der Waals surface area (Å²) in [7, 11) is 0. The van der Waals surface area contributed by atoms with E-state index in [9.17, 15) is 18.0 Å². The molecule has 2 saturated carbocycles. The second-order valence-corrected chi connectivity index (χ2v) is 10.9. The first kappa shape index (κ1) is 21.8. The number of ether oxygens (including phenoxy) is 1. The van der Waals surface area contributed by atoms with Crippen LogP contribution in [0.1, 0.15) is 61.8 Å². The molecule has 5 atom stereocenters. The summed E-state index contributed by atoms with van der Waals surface area (Å²) in [5.41, 5.74) is 0.183. The van der Waals surface area contributed by atoms with Gasteiger partial charge in [0.2, 0.25) is 5.91 Å². The highest BCUT2D eigenvalue weighted by Gasteiger charge is 2.58. The van der Waals surface area contributed by atoms with E-state index in [0.717, 1.165) is 64.5 Å². The van der Waals surface area contributed by atoms with Gasteiger partial charge in [-0.05, 0) is 68.5 Å². The van der Waals surface area contributed by atoms with Crippen LogP contribution in [0.15, 0.2) is 12.3 Å². The number of rotatable bonds is 2. The monoisotopic (exact) mass is 463 g/mol. The number of likely N-dealkylation sites (tertiary alicyclic amines) is 1. The van der Waals surface area contributed by atoms with Gasteiger partial charge in [0.05, 0.1) is 17.6 Å². The minimum Gasteiger partial charge on any atom is -0.381 e. The van der Waals surface area contributed by atoms with Crippen LogP contribution >= 0.6 is 0 Å². The van der Waals surface area contributed by atoms with E-state index in [4.69, 9.17) is 4.74 Å². The van der Waals surface area contributed by atoms with Gasteiger partial charge in [-0.1, -0.05) is 6.42 Å². The maximum absolute atomic E-state index is 14.0. The van der Waals surface area contributed by atoms with Crippen LogP contribution in [0.5, 0.6) is 0 Å². The van der Waals surface area contributed by atoms with E-state index in [1.54, 1.807) is 0 Å². The van der Waals surface area contributed by atoms with Crippen molar-refractivity contribution in [1.29, 1.82) is 0 Å². The topological polar surface area (TPSA) is 45.7 Å². The Morgan fingerprint density at radius 1 is 1.21 bits per heavy atom. The third kappa shape index (κ3) is 3.59. The standard InChI is InChI=1S/C25H32F3N3O2/c26-25(27,28)19-10-17-14-30(7-4-21(17)29-13-19)23(32)24-6-1-2-18(24)11-20(12-24)31-8-3-16-15-33-9-5-22(16)31/h10,13,16,18,20,22H,1-9,11-12,14-15H2/t16-,18-,20-,22+,24-/m1/s1. The lowest BCUT2D eigenvalue weighted by Gasteiger charge is -2.39. The number of carbonyl (C=O) groups excluding carboxylic acids is 1. The molecule has 0 spiro atoms. The predicted molar refractivity (Wildman–Crippen MR) is 115 cm³/mol. The van der Waals surface area contributed by atoms with Crippen LogP contribution in [0.25, 0.3) is 0 Å². The Hall–Kier alpha value is -1.67. The quantitative estimate of drug-likeness (QED) is 0.664. The Morgan fingerprint density at radius 2 is 2.09 bits per heavy atom. The van der Waals surface area contributed by atoms with Gasteiger partial charge in [0, 0.05) is 50.1 Å². The van der Waals surface area contributed by atoms with E-state index >= 15 is 0 Å². The van der Waals surface area contributed by atoms with Crippen molar-refractivity contribution in [2.75, 3.05) is 26.3 Å². The van der Waals surface area contributed by atoms with Crippen molar-refractivity contribution in [3.63, 3.8) is 0 Å². The number of hydrogen-bond donors (Lipinski definition) is 0. The molecule has 0 N–H and O–H groups in total. The zero-order chi connectivity index (χ0) is 22.8. The molecule has 3 aliphatic heterocycles. The predicted octanol–water partition coefficient (Wildman–Crippen LogP) is 4.04. The Labute approximate surface area is 192 Å². The summed E-state index contributed by atoms with van der Waals surface area (Å²) in [6.45, 7) is 3.59. The van der Waals surface area contributed by atoms with Gasteiger partial charge in [-0.3, -0.25) is 14.7 Å². The molecule has 1 aromatic heterocycles. The Kier molecular flexibility index (Phi) is 5.25. The molecule has 4 heterocycles. The fourth-order valence-corrected chi connectivity index (χ4v) is 7.71. The highest BCUT2D eigenvalue weighted by atomic mass is 19.4. The van der Waals surface area contributed by atoms with E-state index in [1.165, 1.54) is 12.5 Å². The molecule has 1 amide bonds.